The van der Waals surface area contributed by atoms with Crippen molar-refractivity contribution in [3.8, 4) is 0 Å². The van der Waals surface area contributed by atoms with Crippen LogP contribution in [0.25, 0.3) is 0 Å². The Morgan fingerprint density at radius 1 is 1.38 bits per heavy atom. The predicted molar refractivity (Wildman–Crippen MR) is 84.4 cm³/mol. The fourth-order valence-electron chi connectivity index (χ4n) is 2.23. The molecule has 0 aliphatic rings. The third-order valence-electron chi connectivity index (χ3n) is 3.69. The van der Waals surface area contributed by atoms with E-state index in [1.54, 1.807) is 0 Å². The van der Waals surface area contributed by atoms with Crippen molar-refractivity contribution in [2.45, 2.75) is 39.7 Å². The average molecular weight is 306 g/mol. The van der Waals surface area contributed by atoms with Gasteiger partial charge in [-0.1, -0.05) is 29.8 Å². The summed E-state index contributed by atoms with van der Waals surface area (Å²) in [5, 5.41) is 10.8. The minimum atomic E-state index is -0.104. The van der Waals surface area contributed by atoms with E-state index in [0.717, 1.165) is 22.5 Å². The molecule has 0 bridgehead atoms. The first-order valence-corrected chi connectivity index (χ1v) is 7.41. The number of aromatic nitrogens is 2. The van der Waals surface area contributed by atoms with E-state index in [4.69, 9.17) is 11.6 Å². The van der Waals surface area contributed by atoms with Gasteiger partial charge in [0.1, 0.15) is 0 Å². The molecule has 0 unspecified atom stereocenters. The van der Waals surface area contributed by atoms with Crippen molar-refractivity contribution in [3.05, 3.63) is 51.8 Å². The lowest BCUT2D eigenvalue weighted by Gasteiger charge is -2.15. The zero-order valence-electron chi connectivity index (χ0n) is 12.5. The van der Waals surface area contributed by atoms with Crippen molar-refractivity contribution in [2.75, 3.05) is 0 Å². The highest BCUT2D eigenvalue weighted by Gasteiger charge is 2.13. The Morgan fingerprint density at radius 3 is 2.71 bits per heavy atom. The predicted octanol–water partition coefficient (Wildman–Crippen LogP) is 3.49. The Hall–Kier alpha value is -1.81. The molecule has 21 heavy (non-hydrogen) atoms. The molecule has 0 fully saturated rings. The van der Waals surface area contributed by atoms with Gasteiger partial charge in [0.05, 0.1) is 11.7 Å². The molecule has 0 radical (unpaired) electrons. The summed E-state index contributed by atoms with van der Waals surface area (Å²) in [5.74, 6) is 0.00229. The van der Waals surface area contributed by atoms with Crippen molar-refractivity contribution in [1.29, 1.82) is 0 Å². The lowest BCUT2D eigenvalue weighted by Crippen LogP contribution is -2.27. The molecule has 1 atom stereocenters. The third kappa shape index (κ3) is 3.85. The Balaban J connectivity index is 1.90. The molecule has 1 aromatic carbocycles. The number of hydrogen-bond acceptors (Lipinski definition) is 2. The second kappa shape index (κ2) is 6.76. The van der Waals surface area contributed by atoms with E-state index in [9.17, 15) is 4.79 Å². The number of hydrogen-bond donors (Lipinski definition) is 2. The van der Waals surface area contributed by atoms with E-state index >= 15 is 0 Å². The monoisotopic (exact) mass is 305 g/mol. The Morgan fingerprint density at radius 2 is 2.10 bits per heavy atom. The number of carbonyl (C=O) groups is 1. The van der Waals surface area contributed by atoms with Gasteiger partial charge in [-0.3, -0.25) is 9.89 Å². The summed E-state index contributed by atoms with van der Waals surface area (Å²) in [5.41, 5.74) is 4.06. The molecule has 2 aromatic rings. The first kappa shape index (κ1) is 15.6. The number of benzene rings is 1. The Kier molecular flexibility index (Phi) is 5.02. The van der Waals surface area contributed by atoms with Crippen LogP contribution in [0.15, 0.2) is 24.3 Å². The van der Waals surface area contributed by atoms with Crippen LogP contribution in [0.1, 0.15) is 41.9 Å². The third-order valence-corrected chi connectivity index (χ3v) is 4.04. The molecule has 2 rings (SSSR count). The van der Waals surface area contributed by atoms with Gasteiger partial charge in [0, 0.05) is 23.6 Å². The maximum Gasteiger partial charge on any atom is 0.220 e. The fourth-order valence-corrected chi connectivity index (χ4v) is 2.53. The van der Waals surface area contributed by atoms with Gasteiger partial charge in [-0.2, -0.15) is 5.10 Å². The van der Waals surface area contributed by atoms with Crippen LogP contribution < -0.4 is 5.32 Å². The van der Waals surface area contributed by atoms with Gasteiger partial charge in [-0.25, -0.2) is 0 Å². The van der Waals surface area contributed by atoms with E-state index < -0.39 is 0 Å². The van der Waals surface area contributed by atoms with Crippen LogP contribution in [0.2, 0.25) is 5.02 Å². The number of amides is 1. The number of rotatable bonds is 5. The molecule has 4 nitrogen and oxygen atoms in total. The van der Waals surface area contributed by atoms with Crippen LogP contribution in [0.4, 0.5) is 0 Å². The van der Waals surface area contributed by atoms with E-state index in [1.165, 1.54) is 0 Å². The first-order chi connectivity index (χ1) is 9.99. The first-order valence-electron chi connectivity index (χ1n) is 7.03. The summed E-state index contributed by atoms with van der Waals surface area (Å²) in [6, 6.07) is 7.44. The van der Waals surface area contributed by atoms with Gasteiger partial charge in [0.2, 0.25) is 5.91 Å². The number of aromatic amines is 1. The highest BCUT2D eigenvalue weighted by atomic mass is 35.5. The molecular weight excluding hydrogens is 286 g/mol. The Bertz CT molecular complexity index is 636. The van der Waals surface area contributed by atoms with E-state index in [1.807, 2.05) is 45.0 Å². The van der Waals surface area contributed by atoms with Gasteiger partial charge < -0.3 is 5.32 Å². The van der Waals surface area contributed by atoms with Crippen molar-refractivity contribution in [3.63, 3.8) is 0 Å². The number of carbonyl (C=O) groups excluding carboxylic acids is 1. The van der Waals surface area contributed by atoms with Crippen LogP contribution in [0.5, 0.6) is 0 Å². The molecule has 0 aliphatic carbocycles. The number of aryl methyl sites for hydroxylation is 2. The maximum absolute atomic E-state index is 12.0. The van der Waals surface area contributed by atoms with Crippen LogP contribution >= 0.6 is 11.6 Å². The summed E-state index contributed by atoms with van der Waals surface area (Å²) >= 11 is 6.13. The molecule has 0 spiro atoms. The summed E-state index contributed by atoms with van der Waals surface area (Å²) in [4.78, 5) is 12.0. The maximum atomic E-state index is 12.0. The number of nitrogens with one attached hydrogen (secondary N) is 2. The SMILES string of the molecule is Cc1[nH]nc(CCC(=O)N[C@H](C)c2ccccc2Cl)c1C. The van der Waals surface area contributed by atoms with Crippen LogP contribution in [-0.4, -0.2) is 16.1 Å². The summed E-state index contributed by atoms with van der Waals surface area (Å²) < 4.78 is 0. The zero-order chi connectivity index (χ0) is 15.4. The molecule has 0 saturated heterocycles. The molecular formula is C16H20ClN3O. The van der Waals surface area contributed by atoms with Gasteiger partial charge in [0.15, 0.2) is 0 Å². The highest BCUT2D eigenvalue weighted by Crippen LogP contribution is 2.22. The minimum absolute atomic E-state index is 0.00229. The lowest BCUT2D eigenvalue weighted by molar-refractivity contribution is -0.121. The van der Waals surface area contributed by atoms with E-state index in [2.05, 4.69) is 15.5 Å². The largest absolute Gasteiger partial charge is 0.350 e. The van der Waals surface area contributed by atoms with Gasteiger partial charge in [0.25, 0.3) is 0 Å². The van der Waals surface area contributed by atoms with E-state index in [-0.39, 0.29) is 11.9 Å². The Labute approximate surface area is 129 Å². The molecule has 0 aliphatic heterocycles. The van der Waals surface area contributed by atoms with Gasteiger partial charge >= 0.3 is 0 Å². The summed E-state index contributed by atoms with van der Waals surface area (Å²) in [6.07, 6.45) is 1.05. The van der Waals surface area contributed by atoms with Crippen LogP contribution in [-0.2, 0) is 11.2 Å². The molecule has 2 N–H and O–H groups in total. The molecule has 1 aromatic heterocycles. The second-order valence-electron chi connectivity index (χ2n) is 5.23. The fraction of sp³-hybridized carbons (Fsp3) is 0.375. The standard InChI is InChI=1S/C16H20ClN3O/c1-10-11(2)19-20-15(10)8-9-16(21)18-12(3)13-6-4-5-7-14(13)17/h4-7,12H,8-9H2,1-3H3,(H,18,21)(H,19,20)/t12-/m1/s1. The molecule has 112 valence electrons. The summed E-state index contributed by atoms with van der Waals surface area (Å²) in [7, 11) is 0. The highest BCUT2D eigenvalue weighted by molar-refractivity contribution is 6.31. The van der Waals surface area contributed by atoms with Crippen LogP contribution in [0, 0.1) is 13.8 Å². The number of H-pyrrole nitrogens is 1. The smallest absolute Gasteiger partial charge is 0.220 e. The quantitative estimate of drug-likeness (QED) is 0.888. The van der Waals surface area contributed by atoms with Crippen LogP contribution in [0.3, 0.4) is 0 Å². The van der Waals surface area contributed by atoms with Gasteiger partial charge in [-0.15, -0.1) is 0 Å². The number of nitrogens with zero attached hydrogens (tertiary/aromatic N) is 1. The van der Waals surface area contributed by atoms with Crippen molar-refractivity contribution in [1.82, 2.24) is 15.5 Å². The summed E-state index contributed by atoms with van der Waals surface area (Å²) in [6.45, 7) is 5.92. The molecule has 0 saturated carbocycles. The minimum Gasteiger partial charge on any atom is -0.350 e. The second-order valence-corrected chi connectivity index (χ2v) is 5.64. The van der Waals surface area contributed by atoms with Crippen molar-refractivity contribution >= 4 is 17.5 Å². The molecule has 1 heterocycles. The van der Waals surface area contributed by atoms with Gasteiger partial charge in [-0.05, 0) is 38.0 Å². The average Bonchev–Trinajstić information content (AvgIpc) is 2.77. The lowest BCUT2D eigenvalue weighted by atomic mass is 10.1. The molecule has 1 amide bonds. The van der Waals surface area contributed by atoms with E-state index in [0.29, 0.717) is 17.9 Å². The number of halogens is 1. The molecule has 5 heteroatoms. The van der Waals surface area contributed by atoms with Crippen molar-refractivity contribution < 1.29 is 4.79 Å². The zero-order valence-corrected chi connectivity index (χ0v) is 13.3. The topological polar surface area (TPSA) is 57.8 Å². The normalized spacial score (nSPS) is 12.2. The van der Waals surface area contributed by atoms with Crippen molar-refractivity contribution in [2.24, 2.45) is 0 Å².